The second kappa shape index (κ2) is 5.68. The maximum atomic E-state index is 13.5. The van der Waals surface area contributed by atoms with Crippen LogP contribution in [0.3, 0.4) is 0 Å². The molecule has 3 rings (SSSR count). The first kappa shape index (κ1) is 13.8. The summed E-state index contributed by atoms with van der Waals surface area (Å²) in [4.78, 5) is 11.2. The molecule has 1 aromatic heterocycles. The molecule has 5 heteroatoms. The summed E-state index contributed by atoms with van der Waals surface area (Å²) in [5, 5.41) is 3.08. The molecule has 1 saturated carbocycles. The average Bonchev–Trinajstić information content (AvgIpc) is 3.32. The van der Waals surface area contributed by atoms with Crippen molar-refractivity contribution in [3.63, 3.8) is 0 Å². The molecule has 4 nitrogen and oxygen atoms in total. The van der Waals surface area contributed by atoms with Crippen molar-refractivity contribution < 1.29 is 4.39 Å². The molecule has 2 aromatic rings. The van der Waals surface area contributed by atoms with Crippen molar-refractivity contribution in [3.05, 3.63) is 42.0 Å². The summed E-state index contributed by atoms with van der Waals surface area (Å²) >= 11 is 0. The van der Waals surface area contributed by atoms with Gasteiger partial charge in [-0.15, -0.1) is 0 Å². The van der Waals surface area contributed by atoms with Crippen LogP contribution in [0.25, 0.3) is 0 Å². The molecule has 1 fully saturated rings. The summed E-state index contributed by atoms with van der Waals surface area (Å²) in [6, 6.07) is 8.49. The Kier molecular flexibility index (Phi) is 3.73. The zero-order chi connectivity index (χ0) is 14.8. The molecule has 0 aliphatic heterocycles. The van der Waals surface area contributed by atoms with Crippen LogP contribution in [0.5, 0.6) is 0 Å². The predicted octanol–water partition coefficient (Wildman–Crippen LogP) is 3.69. The van der Waals surface area contributed by atoms with Gasteiger partial charge in [0.1, 0.15) is 23.3 Å². The predicted molar refractivity (Wildman–Crippen MR) is 82.6 cm³/mol. The smallest absolute Gasteiger partial charge is 0.138 e. The first-order chi connectivity index (χ1) is 10.2. The van der Waals surface area contributed by atoms with Crippen molar-refractivity contribution in [1.82, 2.24) is 9.97 Å². The lowest BCUT2D eigenvalue weighted by Crippen LogP contribution is -2.19. The highest BCUT2D eigenvalue weighted by atomic mass is 19.1. The number of hydrogen-bond acceptors (Lipinski definition) is 4. The van der Waals surface area contributed by atoms with Crippen molar-refractivity contribution in [1.29, 1.82) is 0 Å². The highest BCUT2D eigenvalue weighted by Crippen LogP contribution is 2.39. The SMILES string of the molecule is CCN(c1cccc(F)c1)c1cc(NC)nc(C2CC2)n1. The lowest BCUT2D eigenvalue weighted by atomic mass is 10.2. The third-order valence-electron chi connectivity index (χ3n) is 3.64. The fourth-order valence-electron chi connectivity index (χ4n) is 2.36. The molecule has 110 valence electrons. The largest absolute Gasteiger partial charge is 0.373 e. The summed E-state index contributed by atoms with van der Waals surface area (Å²) in [5.74, 6) is 2.73. The second-order valence-corrected chi connectivity index (χ2v) is 5.22. The summed E-state index contributed by atoms with van der Waals surface area (Å²) < 4.78 is 13.5. The average molecular weight is 286 g/mol. The fraction of sp³-hybridized carbons (Fsp3) is 0.375. The van der Waals surface area contributed by atoms with E-state index in [4.69, 9.17) is 0 Å². The second-order valence-electron chi connectivity index (χ2n) is 5.22. The third kappa shape index (κ3) is 2.96. The van der Waals surface area contributed by atoms with Crippen molar-refractivity contribution in [2.75, 3.05) is 23.8 Å². The molecule has 21 heavy (non-hydrogen) atoms. The molecule has 1 aromatic carbocycles. The Balaban J connectivity index is 2.01. The van der Waals surface area contributed by atoms with Crippen LogP contribution in [0.15, 0.2) is 30.3 Å². The van der Waals surface area contributed by atoms with Gasteiger partial charge in [0, 0.05) is 31.3 Å². The normalized spacial score (nSPS) is 14.0. The molecule has 0 unspecified atom stereocenters. The Morgan fingerprint density at radius 1 is 1.29 bits per heavy atom. The zero-order valence-corrected chi connectivity index (χ0v) is 12.3. The van der Waals surface area contributed by atoms with E-state index in [1.54, 1.807) is 6.07 Å². The third-order valence-corrected chi connectivity index (χ3v) is 3.64. The lowest BCUT2D eigenvalue weighted by Gasteiger charge is -2.23. The van der Waals surface area contributed by atoms with Gasteiger partial charge < -0.3 is 10.2 Å². The molecule has 1 aliphatic rings. The first-order valence-electron chi connectivity index (χ1n) is 7.31. The maximum Gasteiger partial charge on any atom is 0.138 e. The maximum absolute atomic E-state index is 13.5. The van der Waals surface area contributed by atoms with E-state index in [1.807, 2.05) is 31.0 Å². The molecule has 0 atom stereocenters. The molecule has 1 N–H and O–H groups in total. The van der Waals surface area contributed by atoms with Gasteiger partial charge in [-0.3, -0.25) is 0 Å². The molecular formula is C16H19FN4. The quantitative estimate of drug-likeness (QED) is 0.910. The molecule has 0 radical (unpaired) electrons. The number of hydrogen-bond donors (Lipinski definition) is 1. The van der Waals surface area contributed by atoms with Crippen LogP contribution in [0.2, 0.25) is 0 Å². The van der Waals surface area contributed by atoms with Gasteiger partial charge in [0.05, 0.1) is 0 Å². The van der Waals surface area contributed by atoms with Crippen LogP contribution >= 0.6 is 0 Å². The number of nitrogens with zero attached hydrogens (tertiary/aromatic N) is 3. The van der Waals surface area contributed by atoms with Crippen LogP contribution in [-0.4, -0.2) is 23.6 Å². The lowest BCUT2D eigenvalue weighted by molar-refractivity contribution is 0.627. The molecular weight excluding hydrogens is 267 g/mol. The summed E-state index contributed by atoms with van der Waals surface area (Å²) in [7, 11) is 1.85. The molecule has 1 heterocycles. The van der Waals surface area contributed by atoms with E-state index in [1.165, 1.54) is 12.1 Å². The number of halogens is 1. The molecule has 0 saturated heterocycles. The van der Waals surface area contributed by atoms with Crippen LogP contribution in [0, 0.1) is 5.82 Å². The Labute approximate surface area is 124 Å². The van der Waals surface area contributed by atoms with Crippen LogP contribution in [0.4, 0.5) is 21.7 Å². The van der Waals surface area contributed by atoms with Gasteiger partial charge in [0.2, 0.25) is 0 Å². The molecule has 1 aliphatic carbocycles. The number of benzene rings is 1. The van der Waals surface area contributed by atoms with Crippen molar-refractivity contribution >= 4 is 17.3 Å². The number of aromatic nitrogens is 2. The van der Waals surface area contributed by atoms with E-state index in [2.05, 4.69) is 15.3 Å². The fourth-order valence-corrected chi connectivity index (χ4v) is 2.36. The van der Waals surface area contributed by atoms with E-state index in [0.717, 1.165) is 36.0 Å². The minimum absolute atomic E-state index is 0.240. The highest BCUT2D eigenvalue weighted by molar-refractivity contribution is 5.62. The summed E-state index contributed by atoms with van der Waals surface area (Å²) in [6.45, 7) is 2.75. The summed E-state index contributed by atoms with van der Waals surface area (Å²) in [6.07, 6.45) is 2.30. The van der Waals surface area contributed by atoms with E-state index in [-0.39, 0.29) is 5.82 Å². The van der Waals surface area contributed by atoms with Gasteiger partial charge in [0.15, 0.2) is 0 Å². The van der Waals surface area contributed by atoms with E-state index >= 15 is 0 Å². The Bertz CT molecular complexity index is 640. The minimum Gasteiger partial charge on any atom is -0.373 e. The standard InChI is InChI=1S/C16H19FN4/c1-3-21(13-6-4-5-12(17)9-13)15-10-14(18-2)19-16(20-15)11-7-8-11/h4-6,9-11H,3,7-8H2,1-2H3,(H,18,19,20). The van der Waals surface area contributed by atoms with Crippen LogP contribution in [0.1, 0.15) is 31.5 Å². The first-order valence-corrected chi connectivity index (χ1v) is 7.31. The highest BCUT2D eigenvalue weighted by Gasteiger charge is 2.28. The van der Waals surface area contributed by atoms with Crippen LogP contribution < -0.4 is 10.2 Å². The van der Waals surface area contributed by atoms with Crippen molar-refractivity contribution in [2.45, 2.75) is 25.7 Å². The molecule has 0 amide bonds. The van der Waals surface area contributed by atoms with E-state index in [9.17, 15) is 4.39 Å². The number of rotatable bonds is 5. The van der Waals surface area contributed by atoms with Crippen molar-refractivity contribution in [2.24, 2.45) is 0 Å². The van der Waals surface area contributed by atoms with E-state index < -0.39 is 0 Å². The van der Waals surface area contributed by atoms with E-state index in [0.29, 0.717) is 12.5 Å². The van der Waals surface area contributed by atoms with Gasteiger partial charge in [-0.25, -0.2) is 14.4 Å². The number of anilines is 3. The number of nitrogens with one attached hydrogen (secondary N) is 1. The van der Waals surface area contributed by atoms with Gasteiger partial charge in [0.25, 0.3) is 0 Å². The Morgan fingerprint density at radius 3 is 2.71 bits per heavy atom. The summed E-state index contributed by atoms with van der Waals surface area (Å²) in [5.41, 5.74) is 0.806. The van der Waals surface area contributed by atoms with Gasteiger partial charge >= 0.3 is 0 Å². The van der Waals surface area contributed by atoms with Gasteiger partial charge in [-0.1, -0.05) is 6.07 Å². The zero-order valence-electron chi connectivity index (χ0n) is 12.3. The monoisotopic (exact) mass is 286 g/mol. The van der Waals surface area contributed by atoms with Gasteiger partial charge in [-0.05, 0) is 38.0 Å². The topological polar surface area (TPSA) is 41.0 Å². The Hall–Kier alpha value is -2.17. The minimum atomic E-state index is -0.240. The Morgan fingerprint density at radius 2 is 2.10 bits per heavy atom. The van der Waals surface area contributed by atoms with Crippen LogP contribution in [-0.2, 0) is 0 Å². The molecule has 0 spiro atoms. The van der Waals surface area contributed by atoms with Gasteiger partial charge in [-0.2, -0.15) is 0 Å². The molecule has 0 bridgehead atoms. The van der Waals surface area contributed by atoms with Crippen molar-refractivity contribution in [3.8, 4) is 0 Å².